The Kier molecular flexibility index (Phi) is 7.00. The number of amides is 1. The third kappa shape index (κ3) is 5.10. The predicted octanol–water partition coefficient (Wildman–Crippen LogP) is 3.09. The van der Waals surface area contributed by atoms with Gasteiger partial charge in [0.2, 0.25) is 6.10 Å². The van der Waals surface area contributed by atoms with Gasteiger partial charge < -0.3 is 19.1 Å². The number of carbonyl (C=O) groups excluding carboxylic acids is 2. The highest BCUT2D eigenvalue weighted by Gasteiger charge is 2.25. The van der Waals surface area contributed by atoms with Crippen molar-refractivity contribution in [2.45, 2.75) is 6.10 Å². The third-order valence-corrected chi connectivity index (χ3v) is 3.83. The number of esters is 1. The molecule has 27 heavy (non-hydrogen) atoms. The molecule has 0 radical (unpaired) electrons. The van der Waals surface area contributed by atoms with Gasteiger partial charge in [-0.05, 0) is 12.1 Å². The summed E-state index contributed by atoms with van der Waals surface area (Å²) in [5.41, 5.74) is 1.26. The Morgan fingerprint density at radius 1 is 0.963 bits per heavy atom. The molecule has 6 heteroatoms. The lowest BCUT2D eigenvalue weighted by atomic mass is 10.1. The monoisotopic (exact) mass is 369 g/mol. The summed E-state index contributed by atoms with van der Waals surface area (Å²) in [4.78, 5) is 26.1. The summed E-state index contributed by atoms with van der Waals surface area (Å²) in [7, 11) is 6.29. The molecular weight excluding hydrogens is 346 g/mol. The van der Waals surface area contributed by atoms with Crippen LogP contribution in [0.4, 0.5) is 0 Å². The van der Waals surface area contributed by atoms with Crippen molar-refractivity contribution in [1.29, 1.82) is 0 Å². The Labute approximate surface area is 159 Å². The van der Waals surface area contributed by atoms with Crippen LogP contribution in [0.1, 0.15) is 17.2 Å². The Balaban J connectivity index is 2.21. The fourth-order valence-corrected chi connectivity index (χ4v) is 2.48. The van der Waals surface area contributed by atoms with Gasteiger partial charge in [0.1, 0.15) is 0 Å². The standard InChI is InChI=1S/C21H23NO5/c1-22(2)21(24)20(15-9-6-5-7-10-15)27-18(23)14-13-16-11-8-12-17(25-3)19(16)26-4/h5-14,20H,1-4H3/b14-13+/t20-/m1/s1. The minimum Gasteiger partial charge on any atom is -0.493 e. The highest BCUT2D eigenvalue weighted by atomic mass is 16.5. The molecule has 2 rings (SSSR count). The molecule has 0 saturated carbocycles. The molecule has 0 unspecified atom stereocenters. The van der Waals surface area contributed by atoms with E-state index in [-0.39, 0.29) is 5.91 Å². The predicted molar refractivity (Wildman–Crippen MR) is 103 cm³/mol. The van der Waals surface area contributed by atoms with Gasteiger partial charge in [0, 0.05) is 31.3 Å². The fourth-order valence-electron chi connectivity index (χ4n) is 2.48. The first-order chi connectivity index (χ1) is 13.0. The smallest absolute Gasteiger partial charge is 0.331 e. The van der Waals surface area contributed by atoms with E-state index in [0.717, 1.165) is 0 Å². The average molecular weight is 369 g/mol. The number of likely N-dealkylation sites (N-methyl/N-ethyl adjacent to an activating group) is 1. The van der Waals surface area contributed by atoms with Gasteiger partial charge in [0.25, 0.3) is 5.91 Å². The van der Waals surface area contributed by atoms with Crippen molar-refractivity contribution in [3.05, 3.63) is 65.7 Å². The molecule has 0 aromatic heterocycles. The van der Waals surface area contributed by atoms with E-state index in [9.17, 15) is 9.59 Å². The summed E-state index contributed by atoms with van der Waals surface area (Å²) in [5, 5.41) is 0. The van der Waals surface area contributed by atoms with E-state index in [0.29, 0.717) is 22.6 Å². The van der Waals surface area contributed by atoms with Crippen molar-refractivity contribution in [3.63, 3.8) is 0 Å². The molecule has 0 aliphatic rings. The van der Waals surface area contributed by atoms with Crippen LogP contribution in [0.25, 0.3) is 6.08 Å². The third-order valence-electron chi connectivity index (χ3n) is 3.83. The maximum atomic E-state index is 12.4. The second-order valence-electron chi connectivity index (χ2n) is 5.88. The largest absolute Gasteiger partial charge is 0.493 e. The average Bonchev–Trinajstić information content (AvgIpc) is 2.69. The minimum atomic E-state index is -1.01. The zero-order chi connectivity index (χ0) is 19.8. The molecule has 0 aliphatic carbocycles. The maximum Gasteiger partial charge on any atom is 0.331 e. The van der Waals surface area contributed by atoms with Crippen molar-refractivity contribution >= 4 is 18.0 Å². The Hall–Kier alpha value is -3.28. The number of carbonyl (C=O) groups is 2. The van der Waals surface area contributed by atoms with Crippen LogP contribution < -0.4 is 9.47 Å². The Morgan fingerprint density at radius 2 is 1.67 bits per heavy atom. The molecule has 2 aromatic carbocycles. The van der Waals surface area contributed by atoms with Gasteiger partial charge in [0.05, 0.1) is 14.2 Å². The minimum absolute atomic E-state index is 0.318. The van der Waals surface area contributed by atoms with E-state index in [1.54, 1.807) is 62.6 Å². The first-order valence-corrected chi connectivity index (χ1v) is 8.33. The van der Waals surface area contributed by atoms with E-state index in [2.05, 4.69) is 0 Å². The molecule has 0 N–H and O–H groups in total. The summed E-state index contributed by atoms with van der Waals surface area (Å²) in [5.74, 6) is 0.108. The quantitative estimate of drug-likeness (QED) is 0.554. The lowest BCUT2D eigenvalue weighted by Gasteiger charge is -2.20. The van der Waals surface area contributed by atoms with Crippen LogP contribution in [0.2, 0.25) is 0 Å². The van der Waals surface area contributed by atoms with Crippen molar-refractivity contribution in [2.24, 2.45) is 0 Å². The number of ether oxygens (including phenoxy) is 3. The van der Waals surface area contributed by atoms with Gasteiger partial charge in [-0.25, -0.2) is 4.79 Å². The van der Waals surface area contributed by atoms with Crippen LogP contribution in [0.3, 0.4) is 0 Å². The topological polar surface area (TPSA) is 65.1 Å². The molecular formula is C21H23NO5. The zero-order valence-electron chi connectivity index (χ0n) is 15.8. The Morgan fingerprint density at radius 3 is 2.26 bits per heavy atom. The first-order valence-electron chi connectivity index (χ1n) is 8.33. The molecule has 0 heterocycles. The second-order valence-corrected chi connectivity index (χ2v) is 5.88. The van der Waals surface area contributed by atoms with E-state index in [4.69, 9.17) is 14.2 Å². The van der Waals surface area contributed by atoms with Crippen LogP contribution in [0, 0.1) is 0 Å². The van der Waals surface area contributed by atoms with Gasteiger partial charge in [0.15, 0.2) is 11.5 Å². The summed E-state index contributed by atoms with van der Waals surface area (Å²) >= 11 is 0. The van der Waals surface area contributed by atoms with Crippen LogP contribution in [-0.4, -0.2) is 45.1 Å². The van der Waals surface area contributed by atoms with Gasteiger partial charge in [-0.3, -0.25) is 4.79 Å². The fraction of sp³-hybridized carbons (Fsp3) is 0.238. The lowest BCUT2D eigenvalue weighted by molar-refractivity contribution is -0.155. The number of hydrogen-bond donors (Lipinski definition) is 0. The summed E-state index contributed by atoms with van der Waals surface area (Å²) in [6.45, 7) is 0. The Bertz CT molecular complexity index is 815. The van der Waals surface area contributed by atoms with Gasteiger partial charge in [-0.2, -0.15) is 0 Å². The van der Waals surface area contributed by atoms with Crippen LogP contribution in [0.15, 0.2) is 54.6 Å². The molecule has 0 spiro atoms. The number of benzene rings is 2. The molecule has 0 fully saturated rings. The molecule has 0 saturated heterocycles. The molecule has 1 atom stereocenters. The first kappa shape index (κ1) is 20.0. The van der Waals surface area contributed by atoms with Crippen molar-refractivity contribution in [1.82, 2.24) is 4.90 Å². The molecule has 0 bridgehead atoms. The second kappa shape index (κ2) is 9.43. The van der Waals surface area contributed by atoms with Crippen LogP contribution in [0.5, 0.6) is 11.5 Å². The number of nitrogens with zero attached hydrogens (tertiary/aromatic N) is 1. The summed E-state index contributed by atoms with van der Waals surface area (Å²) in [6.07, 6.45) is 1.81. The normalized spacial score (nSPS) is 11.7. The maximum absolute atomic E-state index is 12.4. The van der Waals surface area contributed by atoms with E-state index in [1.165, 1.54) is 25.2 Å². The van der Waals surface area contributed by atoms with Gasteiger partial charge in [-0.15, -0.1) is 0 Å². The summed E-state index contributed by atoms with van der Waals surface area (Å²) < 4.78 is 16.0. The molecule has 2 aromatic rings. The van der Waals surface area contributed by atoms with Crippen molar-refractivity contribution in [2.75, 3.05) is 28.3 Å². The van der Waals surface area contributed by atoms with Crippen LogP contribution >= 0.6 is 0 Å². The van der Waals surface area contributed by atoms with Gasteiger partial charge in [-0.1, -0.05) is 42.5 Å². The molecule has 1 amide bonds. The highest BCUT2D eigenvalue weighted by molar-refractivity contribution is 5.91. The van der Waals surface area contributed by atoms with Crippen LogP contribution in [-0.2, 0) is 14.3 Å². The number of methoxy groups -OCH3 is 2. The van der Waals surface area contributed by atoms with E-state index in [1.807, 2.05) is 6.07 Å². The molecule has 142 valence electrons. The SMILES string of the molecule is COc1cccc(/C=C/C(=O)O[C@@H](C(=O)N(C)C)c2ccccc2)c1OC. The van der Waals surface area contributed by atoms with Gasteiger partial charge >= 0.3 is 5.97 Å². The van der Waals surface area contributed by atoms with Crippen molar-refractivity contribution < 1.29 is 23.8 Å². The molecule has 6 nitrogen and oxygen atoms in total. The number of rotatable bonds is 7. The number of hydrogen-bond acceptors (Lipinski definition) is 5. The zero-order valence-corrected chi connectivity index (χ0v) is 15.8. The lowest BCUT2D eigenvalue weighted by Crippen LogP contribution is -2.30. The number of para-hydroxylation sites is 1. The van der Waals surface area contributed by atoms with Crippen molar-refractivity contribution in [3.8, 4) is 11.5 Å². The summed E-state index contributed by atoms with van der Waals surface area (Å²) in [6, 6.07) is 14.2. The van der Waals surface area contributed by atoms with E-state index >= 15 is 0 Å². The van der Waals surface area contributed by atoms with E-state index < -0.39 is 12.1 Å². The molecule has 0 aliphatic heterocycles. The highest BCUT2D eigenvalue weighted by Crippen LogP contribution is 2.31.